The van der Waals surface area contributed by atoms with Crippen LogP contribution in [0.4, 0.5) is 10.5 Å². The van der Waals surface area contributed by atoms with Crippen LogP contribution in [0.1, 0.15) is 79.1 Å². The SMILES string of the molecule is CC.CC(C)C(=O)CCCCCN(C)C(=O)N(C)CCCCCC(=O)N(C)c1ccccc1. The number of benzene rings is 1. The summed E-state index contributed by atoms with van der Waals surface area (Å²) < 4.78 is 0. The number of anilines is 1. The molecule has 0 aromatic heterocycles. The van der Waals surface area contributed by atoms with Crippen molar-refractivity contribution in [3.8, 4) is 0 Å². The molecule has 6 nitrogen and oxygen atoms in total. The third kappa shape index (κ3) is 13.1. The zero-order valence-electron chi connectivity index (χ0n) is 22.1. The van der Waals surface area contributed by atoms with Crippen molar-refractivity contribution in [2.24, 2.45) is 5.92 Å². The van der Waals surface area contributed by atoms with Gasteiger partial charge in [0.1, 0.15) is 5.78 Å². The fourth-order valence-corrected chi connectivity index (χ4v) is 3.36. The van der Waals surface area contributed by atoms with Crippen molar-refractivity contribution >= 4 is 23.4 Å². The molecule has 1 aromatic carbocycles. The first kappa shape index (κ1) is 30.6. The first-order valence-corrected chi connectivity index (χ1v) is 12.5. The highest BCUT2D eigenvalue weighted by Crippen LogP contribution is 2.14. The number of carbonyl (C=O) groups is 3. The van der Waals surface area contributed by atoms with Crippen LogP contribution in [0.5, 0.6) is 0 Å². The lowest BCUT2D eigenvalue weighted by atomic mass is 10.0. The van der Waals surface area contributed by atoms with Gasteiger partial charge in [-0.15, -0.1) is 0 Å². The standard InChI is InChI=1S/C25H41N3O3.C2H6/c1-21(2)23(29)17-11-7-13-19-26(3)25(31)27(4)20-14-8-12-18-24(30)28(5)22-15-9-6-10-16-22;1-2/h6,9-10,15-16,21H,7-8,11-14,17-20H2,1-5H3;1-2H3. The summed E-state index contributed by atoms with van der Waals surface area (Å²) in [6.45, 7) is 9.27. The van der Waals surface area contributed by atoms with Gasteiger partial charge in [0, 0.05) is 58.7 Å². The van der Waals surface area contributed by atoms with E-state index in [1.54, 1.807) is 14.7 Å². The molecule has 33 heavy (non-hydrogen) atoms. The first-order chi connectivity index (χ1) is 15.7. The second-order valence-electron chi connectivity index (χ2n) is 8.66. The van der Waals surface area contributed by atoms with E-state index < -0.39 is 0 Å². The van der Waals surface area contributed by atoms with Crippen LogP contribution in [0.2, 0.25) is 0 Å². The summed E-state index contributed by atoms with van der Waals surface area (Å²) in [5, 5.41) is 0. The molecule has 0 spiro atoms. The Hall–Kier alpha value is -2.37. The predicted molar refractivity (Wildman–Crippen MR) is 139 cm³/mol. The molecule has 0 aliphatic rings. The largest absolute Gasteiger partial charge is 0.328 e. The number of Topliss-reactive ketones (excluding diaryl/α,β-unsaturated/α-hetero) is 1. The van der Waals surface area contributed by atoms with Gasteiger partial charge in [0.05, 0.1) is 0 Å². The minimum Gasteiger partial charge on any atom is -0.328 e. The Labute approximate surface area is 202 Å². The van der Waals surface area contributed by atoms with Crippen LogP contribution in [0.15, 0.2) is 30.3 Å². The number of para-hydroxylation sites is 1. The second kappa shape index (κ2) is 18.1. The predicted octanol–water partition coefficient (Wildman–Crippen LogP) is 6.01. The Morgan fingerprint density at radius 2 is 1.21 bits per heavy atom. The maximum Gasteiger partial charge on any atom is 0.319 e. The average molecular weight is 462 g/mol. The van der Waals surface area contributed by atoms with Gasteiger partial charge in [-0.25, -0.2) is 4.79 Å². The molecular weight excluding hydrogens is 414 g/mol. The molecule has 0 aliphatic heterocycles. The lowest BCUT2D eigenvalue weighted by molar-refractivity contribution is -0.122. The molecule has 1 aromatic rings. The van der Waals surface area contributed by atoms with Crippen molar-refractivity contribution in [3.63, 3.8) is 0 Å². The number of rotatable bonds is 14. The molecule has 0 N–H and O–H groups in total. The van der Waals surface area contributed by atoms with Crippen LogP contribution < -0.4 is 4.90 Å². The molecule has 0 bridgehead atoms. The quantitative estimate of drug-likeness (QED) is 0.319. The van der Waals surface area contributed by atoms with E-state index in [0.717, 1.165) is 44.2 Å². The molecule has 1 rings (SSSR count). The van der Waals surface area contributed by atoms with Crippen LogP contribution in [0.25, 0.3) is 0 Å². The normalized spacial score (nSPS) is 10.3. The van der Waals surface area contributed by atoms with Crippen molar-refractivity contribution in [1.82, 2.24) is 9.80 Å². The average Bonchev–Trinajstić information content (AvgIpc) is 2.83. The molecule has 0 unspecified atom stereocenters. The number of ketones is 1. The molecule has 0 saturated heterocycles. The Bertz CT molecular complexity index is 676. The van der Waals surface area contributed by atoms with Crippen LogP contribution in [-0.4, -0.2) is 61.8 Å². The third-order valence-electron chi connectivity index (χ3n) is 5.62. The van der Waals surface area contributed by atoms with Gasteiger partial charge in [0.15, 0.2) is 0 Å². The third-order valence-corrected chi connectivity index (χ3v) is 5.62. The number of carbonyl (C=O) groups excluding carboxylic acids is 3. The minimum atomic E-state index is 0.0261. The van der Waals surface area contributed by atoms with Crippen LogP contribution in [0, 0.1) is 5.92 Å². The highest BCUT2D eigenvalue weighted by Gasteiger charge is 2.14. The molecule has 0 radical (unpaired) electrons. The maximum absolute atomic E-state index is 12.5. The molecule has 0 heterocycles. The fourth-order valence-electron chi connectivity index (χ4n) is 3.36. The van der Waals surface area contributed by atoms with Gasteiger partial charge in [0.2, 0.25) is 5.91 Å². The Morgan fingerprint density at radius 3 is 1.70 bits per heavy atom. The lowest BCUT2D eigenvalue weighted by Crippen LogP contribution is -2.39. The van der Waals surface area contributed by atoms with Gasteiger partial charge >= 0.3 is 6.03 Å². The summed E-state index contributed by atoms with van der Waals surface area (Å²) in [7, 11) is 5.47. The van der Waals surface area contributed by atoms with E-state index in [1.165, 1.54) is 0 Å². The zero-order chi connectivity index (χ0) is 25.2. The molecule has 0 fully saturated rings. The Morgan fingerprint density at radius 1 is 0.727 bits per heavy atom. The monoisotopic (exact) mass is 461 g/mol. The van der Waals surface area contributed by atoms with E-state index in [9.17, 15) is 14.4 Å². The molecular formula is C27H47N3O3. The number of unbranched alkanes of at least 4 members (excludes halogenated alkanes) is 4. The number of hydrogen-bond donors (Lipinski definition) is 0. The summed E-state index contributed by atoms with van der Waals surface area (Å²) in [5.41, 5.74) is 0.910. The fraction of sp³-hybridized carbons (Fsp3) is 0.667. The summed E-state index contributed by atoms with van der Waals surface area (Å²) in [5.74, 6) is 0.545. The van der Waals surface area contributed by atoms with Gasteiger partial charge in [-0.3, -0.25) is 9.59 Å². The summed E-state index contributed by atoms with van der Waals surface area (Å²) in [6.07, 6.45) is 6.55. The summed E-state index contributed by atoms with van der Waals surface area (Å²) in [4.78, 5) is 41.6. The maximum atomic E-state index is 12.5. The van der Waals surface area contributed by atoms with Crippen LogP contribution >= 0.6 is 0 Å². The van der Waals surface area contributed by atoms with E-state index in [4.69, 9.17) is 0 Å². The first-order valence-electron chi connectivity index (χ1n) is 12.5. The van der Waals surface area contributed by atoms with E-state index in [1.807, 2.05) is 79.2 Å². The molecule has 188 valence electrons. The van der Waals surface area contributed by atoms with Crippen molar-refractivity contribution in [1.29, 1.82) is 0 Å². The Kier molecular flexibility index (Phi) is 16.8. The number of urea groups is 1. The number of hydrogen-bond acceptors (Lipinski definition) is 3. The van der Waals surface area contributed by atoms with Gasteiger partial charge in [0.25, 0.3) is 0 Å². The van der Waals surface area contributed by atoms with Crippen molar-refractivity contribution in [2.75, 3.05) is 39.1 Å². The Balaban J connectivity index is 0.00000497. The lowest BCUT2D eigenvalue weighted by Gasteiger charge is -2.25. The van der Waals surface area contributed by atoms with Gasteiger partial charge in [-0.2, -0.15) is 0 Å². The van der Waals surface area contributed by atoms with Gasteiger partial charge < -0.3 is 14.7 Å². The van der Waals surface area contributed by atoms with E-state index in [0.29, 0.717) is 31.7 Å². The van der Waals surface area contributed by atoms with Crippen LogP contribution in [-0.2, 0) is 9.59 Å². The van der Waals surface area contributed by atoms with Crippen molar-refractivity contribution in [2.45, 2.75) is 79.1 Å². The smallest absolute Gasteiger partial charge is 0.319 e. The molecule has 3 amide bonds. The summed E-state index contributed by atoms with van der Waals surface area (Å²) in [6, 6.07) is 9.68. The number of amides is 3. The topological polar surface area (TPSA) is 60.9 Å². The van der Waals surface area contributed by atoms with Crippen molar-refractivity contribution < 1.29 is 14.4 Å². The van der Waals surface area contributed by atoms with E-state index >= 15 is 0 Å². The van der Waals surface area contributed by atoms with Gasteiger partial charge in [-0.05, 0) is 37.8 Å². The van der Waals surface area contributed by atoms with Gasteiger partial charge in [-0.1, -0.05) is 58.7 Å². The molecule has 0 atom stereocenters. The highest BCUT2D eigenvalue weighted by molar-refractivity contribution is 5.92. The zero-order valence-corrected chi connectivity index (χ0v) is 22.1. The van der Waals surface area contributed by atoms with Crippen LogP contribution in [0.3, 0.4) is 0 Å². The molecule has 0 aliphatic carbocycles. The molecule has 0 saturated carbocycles. The van der Waals surface area contributed by atoms with Crippen molar-refractivity contribution in [3.05, 3.63) is 30.3 Å². The number of nitrogens with zero attached hydrogens (tertiary/aromatic N) is 3. The van der Waals surface area contributed by atoms with E-state index in [2.05, 4.69) is 0 Å². The molecule has 6 heteroatoms. The highest BCUT2D eigenvalue weighted by atomic mass is 16.2. The summed E-state index contributed by atoms with van der Waals surface area (Å²) >= 11 is 0. The minimum absolute atomic E-state index is 0.0261. The second-order valence-corrected chi connectivity index (χ2v) is 8.66. The van der Waals surface area contributed by atoms with E-state index in [-0.39, 0.29) is 17.9 Å².